The third-order valence-electron chi connectivity index (χ3n) is 7.54. The summed E-state index contributed by atoms with van der Waals surface area (Å²) in [5, 5.41) is 44.7. The van der Waals surface area contributed by atoms with Crippen LogP contribution in [-0.2, 0) is 43.0 Å². The standard InChI is InChI=1S/C30H54N8O13/c31-23(30(48)49)2-3-24(39)32-4-1-5-33-26(41)22-51-17-16-50-15-6-34-25(40)18-35-7-9-36(19-27(42)43)11-13-38(21-29(46)47)14-12-37(10-8-35)20-28(44)45/h23H,1-22,31H2,(H,32,39)(H,33,41)(H,34,40)(H,42,43)(H,44,45)(H,46,47)(H,48,49)/t23-/m0/s1. The lowest BCUT2D eigenvalue weighted by Crippen LogP contribution is -2.50. The van der Waals surface area contributed by atoms with Crippen LogP contribution in [0.3, 0.4) is 0 Å². The summed E-state index contributed by atoms with van der Waals surface area (Å²) < 4.78 is 10.7. The zero-order valence-corrected chi connectivity index (χ0v) is 29.0. The average Bonchev–Trinajstić information content (AvgIpc) is 3.05. The Hall–Kier alpha value is -3.99. The molecule has 51 heavy (non-hydrogen) atoms. The summed E-state index contributed by atoms with van der Waals surface area (Å²) in [5.41, 5.74) is 5.35. The van der Waals surface area contributed by atoms with Crippen molar-refractivity contribution in [2.45, 2.75) is 25.3 Å². The molecule has 1 aliphatic heterocycles. The van der Waals surface area contributed by atoms with Crippen LogP contribution in [0.15, 0.2) is 0 Å². The van der Waals surface area contributed by atoms with Gasteiger partial charge in [-0.3, -0.25) is 53.2 Å². The minimum absolute atomic E-state index is 0.00606. The van der Waals surface area contributed by atoms with Gasteiger partial charge in [-0.15, -0.1) is 0 Å². The van der Waals surface area contributed by atoms with Gasteiger partial charge in [-0.25, -0.2) is 0 Å². The molecule has 1 fully saturated rings. The molecule has 1 heterocycles. The van der Waals surface area contributed by atoms with Crippen LogP contribution in [-0.4, -0.2) is 212 Å². The predicted octanol–water partition coefficient (Wildman–Crippen LogP) is -4.57. The van der Waals surface area contributed by atoms with E-state index in [4.69, 9.17) is 20.3 Å². The Bertz CT molecular complexity index is 1080. The predicted molar refractivity (Wildman–Crippen MR) is 179 cm³/mol. The largest absolute Gasteiger partial charge is 0.480 e. The lowest BCUT2D eigenvalue weighted by Gasteiger charge is -2.32. The van der Waals surface area contributed by atoms with E-state index >= 15 is 0 Å². The number of carboxylic acids is 4. The second-order valence-electron chi connectivity index (χ2n) is 11.8. The number of nitrogens with one attached hydrogen (secondary N) is 3. The van der Waals surface area contributed by atoms with Crippen molar-refractivity contribution in [2.75, 3.05) is 125 Å². The number of carbonyl (C=O) groups excluding carboxylic acids is 3. The van der Waals surface area contributed by atoms with Crippen LogP contribution < -0.4 is 21.7 Å². The van der Waals surface area contributed by atoms with E-state index in [0.29, 0.717) is 45.7 Å². The van der Waals surface area contributed by atoms with Gasteiger partial charge in [0, 0.05) is 78.4 Å². The van der Waals surface area contributed by atoms with Crippen molar-refractivity contribution in [2.24, 2.45) is 5.73 Å². The summed E-state index contributed by atoms with van der Waals surface area (Å²) in [7, 11) is 0. The Morgan fingerprint density at radius 2 is 0.961 bits per heavy atom. The van der Waals surface area contributed by atoms with E-state index in [-0.39, 0.29) is 116 Å². The van der Waals surface area contributed by atoms with Crippen molar-refractivity contribution in [1.82, 2.24) is 35.6 Å². The number of nitrogens with two attached hydrogens (primary N) is 1. The molecule has 1 saturated heterocycles. The van der Waals surface area contributed by atoms with E-state index in [1.54, 1.807) is 14.7 Å². The first-order valence-corrected chi connectivity index (χ1v) is 16.7. The van der Waals surface area contributed by atoms with Gasteiger partial charge in [0.2, 0.25) is 17.7 Å². The van der Waals surface area contributed by atoms with E-state index in [0.717, 1.165) is 0 Å². The van der Waals surface area contributed by atoms with Crippen molar-refractivity contribution in [3.8, 4) is 0 Å². The highest BCUT2D eigenvalue weighted by Gasteiger charge is 2.21. The lowest BCUT2D eigenvalue weighted by atomic mass is 10.1. The number of ether oxygens (including phenoxy) is 2. The smallest absolute Gasteiger partial charge is 0.320 e. The lowest BCUT2D eigenvalue weighted by molar-refractivity contribution is -0.140. The van der Waals surface area contributed by atoms with Gasteiger partial charge in [-0.05, 0) is 12.8 Å². The molecule has 21 nitrogen and oxygen atoms in total. The Kier molecular flexibility index (Phi) is 23.6. The summed E-state index contributed by atoms with van der Waals surface area (Å²) in [5.74, 6) is -5.25. The van der Waals surface area contributed by atoms with Crippen molar-refractivity contribution in [3.05, 3.63) is 0 Å². The topological polar surface area (TPSA) is 294 Å². The van der Waals surface area contributed by atoms with E-state index in [1.165, 1.54) is 0 Å². The van der Waals surface area contributed by atoms with E-state index in [2.05, 4.69) is 16.0 Å². The number of nitrogens with zero attached hydrogens (tertiary/aromatic N) is 4. The molecule has 0 bridgehead atoms. The third-order valence-corrected chi connectivity index (χ3v) is 7.54. The maximum atomic E-state index is 12.7. The molecule has 0 aromatic carbocycles. The SMILES string of the molecule is N[C@@H](CCC(=O)NCCCNC(=O)COCCOCCNC(=O)CN1CCN(CC(=O)O)CCN(CC(=O)O)CCN(CC(=O)O)CC1)C(=O)O. The Morgan fingerprint density at radius 3 is 1.41 bits per heavy atom. The molecule has 0 unspecified atom stereocenters. The first kappa shape index (κ1) is 45.0. The Labute approximate surface area is 296 Å². The quantitative estimate of drug-likeness (QED) is 0.0433. The number of carboxylic acid groups (broad SMARTS) is 4. The fourth-order valence-electron chi connectivity index (χ4n) is 4.78. The molecule has 9 N–H and O–H groups in total. The molecule has 1 aliphatic rings. The second kappa shape index (κ2) is 26.8. The summed E-state index contributed by atoms with van der Waals surface area (Å²) in [4.78, 5) is 87.9. The summed E-state index contributed by atoms with van der Waals surface area (Å²) >= 11 is 0. The van der Waals surface area contributed by atoms with Crippen LogP contribution >= 0.6 is 0 Å². The van der Waals surface area contributed by atoms with Gasteiger partial charge in [0.15, 0.2) is 0 Å². The maximum Gasteiger partial charge on any atom is 0.320 e. The fourth-order valence-corrected chi connectivity index (χ4v) is 4.78. The van der Waals surface area contributed by atoms with E-state index in [9.17, 15) is 48.9 Å². The molecule has 0 radical (unpaired) electrons. The second-order valence-corrected chi connectivity index (χ2v) is 11.8. The van der Waals surface area contributed by atoms with Crippen molar-refractivity contribution < 1.29 is 63.5 Å². The molecule has 21 heteroatoms. The summed E-state index contributed by atoms with van der Waals surface area (Å²) in [6.45, 7) is 2.68. The van der Waals surface area contributed by atoms with Crippen molar-refractivity contribution in [3.63, 3.8) is 0 Å². The first-order valence-electron chi connectivity index (χ1n) is 16.7. The summed E-state index contributed by atoms with van der Waals surface area (Å²) in [6, 6.07) is -1.09. The van der Waals surface area contributed by atoms with Gasteiger partial charge in [0.05, 0.1) is 46.0 Å². The van der Waals surface area contributed by atoms with Gasteiger partial charge < -0.3 is 51.6 Å². The van der Waals surface area contributed by atoms with Gasteiger partial charge in [-0.1, -0.05) is 0 Å². The van der Waals surface area contributed by atoms with Crippen molar-refractivity contribution in [1.29, 1.82) is 0 Å². The monoisotopic (exact) mass is 734 g/mol. The Morgan fingerprint density at radius 1 is 0.549 bits per heavy atom. The zero-order valence-electron chi connectivity index (χ0n) is 29.0. The zero-order chi connectivity index (χ0) is 38.0. The van der Waals surface area contributed by atoms with Crippen LogP contribution in [0.25, 0.3) is 0 Å². The number of aliphatic carboxylic acids is 4. The van der Waals surface area contributed by atoms with Gasteiger partial charge in [-0.2, -0.15) is 0 Å². The fraction of sp³-hybridized carbons (Fsp3) is 0.767. The maximum absolute atomic E-state index is 12.7. The molecule has 0 spiro atoms. The molecule has 1 rings (SSSR count). The number of amides is 3. The minimum atomic E-state index is -1.17. The highest BCUT2D eigenvalue weighted by Crippen LogP contribution is 2.02. The Balaban J connectivity index is 2.34. The molecular weight excluding hydrogens is 680 g/mol. The molecule has 0 aromatic heterocycles. The minimum Gasteiger partial charge on any atom is -0.480 e. The molecular formula is C30H54N8O13. The number of carbonyl (C=O) groups is 7. The van der Waals surface area contributed by atoms with Crippen LogP contribution in [0.4, 0.5) is 0 Å². The van der Waals surface area contributed by atoms with E-state index in [1.807, 2.05) is 4.90 Å². The molecule has 0 aliphatic carbocycles. The van der Waals surface area contributed by atoms with Gasteiger partial charge in [0.25, 0.3) is 0 Å². The van der Waals surface area contributed by atoms with Crippen LogP contribution in [0.1, 0.15) is 19.3 Å². The number of rotatable bonds is 24. The van der Waals surface area contributed by atoms with E-state index < -0.39 is 29.9 Å². The number of hydrogen-bond acceptors (Lipinski definition) is 14. The summed E-state index contributed by atoms with van der Waals surface area (Å²) in [6.07, 6.45) is 0.493. The van der Waals surface area contributed by atoms with Crippen LogP contribution in [0, 0.1) is 0 Å². The van der Waals surface area contributed by atoms with Crippen LogP contribution in [0.2, 0.25) is 0 Å². The highest BCUT2D eigenvalue weighted by atomic mass is 16.5. The van der Waals surface area contributed by atoms with Crippen LogP contribution in [0.5, 0.6) is 0 Å². The normalized spacial score (nSPS) is 16.3. The first-order chi connectivity index (χ1) is 24.2. The molecule has 292 valence electrons. The third kappa shape index (κ3) is 24.7. The highest BCUT2D eigenvalue weighted by molar-refractivity contribution is 5.79. The molecule has 3 amide bonds. The number of hydrogen-bond donors (Lipinski definition) is 8. The average molecular weight is 735 g/mol. The molecule has 0 aromatic rings. The van der Waals surface area contributed by atoms with Crippen molar-refractivity contribution >= 4 is 41.6 Å². The molecule has 0 saturated carbocycles. The molecule has 1 atom stereocenters. The van der Waals surface area contributed by atoms with Gasteiger partial charge in [0.1, 0.15) is 12.6 Å². The van der Waals surface area contributed by atoms with Gasteiger partial charge >= 0.3 is 23.9 Å².